The highest BCUT2D eigenvalue weighted by Gasteiger charge is 2.13. The summed E-state index contributed by atoms with van der Waals surface area (Å²) in [7, 11) is 1.56. The number of nitrogens with one attached hydrogen (secondary N) is 1. The van der Waals surface area contributed by atoms with E-state index in [2.05, 4.69) is 5.32 Å². The molecule has 0 fully saturated rings. The number of rotatable bonds is 7. The first-order valence-electron chi connectivity index (χ1n) is 7.14. The van der Waals surface area contributed by atoms with Gasteiger partial charge in [0.25, 0.3) is 0 Å². The number of urea groups is 1. The predicted molar refractivity (Wildman–Crippen MR) is 89.5 cm³/mol. The van der Waals surface area contributed by atoms with Gasteiger partial charge in [0.05, 0.1) is 31.3 Å². The van der Waals surface area contributed by atoms with Crippen LogP contribution in [0.15, 0.2) is 52.0 Å². The van der Waals surface area contributed by atoms with Crippen molar-refractivity contribution in [3.05, 3.63) is 48.4 Å². The minimum Gasteiger partial charge on any atom is -0.468 e. The maximum absolute atomic E-state index is 11.9. The molecule has 6 nitrogen and oxygen atoms in total. The van der Waals surface area contributed by atoms with Crippen molar-refractivity contribution in [2.24, 2.45) is 0 Å². The Kier molecular flexibility index (Phi) is 6.52. The number of furan rings is 1. The van der Waals surface area contributed by atoms with E-state index in [1.165, 1.54) is 4.90 Å². The van der Waals surface area contributed by atoms with Crippen LogP contribution in [0.3, 0.4) is 0 Å². The van der Waals surface area contributed by atoms with Crippen LogP contribution in [-0.4, -0.2) is 47.4 Å². The normalized spacial score (nSPS) is 12.0. The van der Waals surface area contributed by atoms with Crippen LogP contribution in [-0.2, 0) is 5.75 Å². The van der Waals surface area contributed by atoms with Gasteiger partial charge in [-0.1, -0.05) is 0 Å². The van der Waals surface area contributed by atoms with Crippen LogP contribution in [0, 0.1) is 0 Å². The second-order valence-corrected chi connectivity index (χ2v) is 6.09. The van der Waals surface area contributed by atoms with Crippen LogP contribution in [0.2, 0.25) is 0 Å². The molecule has 7 heteroatoms. The van der Waals surface area contributed by atoms with E-state index in [-0.39, 0.29) is 19.2 Å². The van der Waals surface area contributed by atoms with Crippen molar-refractivity contribution in [2.75, 3.05) is 25.5 Å². The van der Waals surface area contributed by atoms with Crippen LogP contribution < -0.4 is 5.32 Å². The quantitative estimate of drug-likeness (QED) is 0.676. The molecule has 0 saturated carbocycles. The molecule has 0 saturated heterocycles. The summed E-state index contributed by atoms with van der Waals surface area (Å²) >= 11 is 1.65. The lowest BCUT2D eigenvalue weighted by molar-refractivity contribution is 0.0750. The van der Waals surface area contributed by atoms with Gasteiger partial charge >= 0.3 is 6.03 Å². The van der Waals surface area contributed by atoms with Crippen LogP contribution in [0.1, 0.15) is 5.76 Å². The van der Waals surface area contributed by atoms with Crippen molar-refractivity contribution in [2.45, 2.75) is 16.8 Å². The van der Waals surface area contributed by atoms with E-state index in [0.29, 0.717) is 5.69 Å². The van der Waals surface area contributed by atoms with Crippen molar-refractivity contribution >= 4 is 23.5 Å². The lowest BCUT2D eigenvalue weighted by atomic mass is 10.3. The van der Waals surface area contributed by atoms with E-state index in [9.17, 15) is 9.90 Å². The van der Waals surface area contributed by atoms with Crippen LogP contribution in [0.5, 0.6) is 0 Å². The van der Waals surface area contributed by atoms with Crippen molar-refractivity contribution in [3.63, 3.8) is 0 Å². The summed E-state index contributed by atoms with van der Waals surface area (Å²) in [6.07, 6.45) is 0.713. The van der Waals surface area contributed by atoms with Crippen LogP contribution >= 0.6 is 11.8 Å². The van der Waals surface area contributed by atoms with E-state index in [1.54, 1.807) is 25.1 Å². The van der Waals surface area contributed by atoms with E-state index in [0.717, 1.165) is 16.4 Å². The average Bonchev–Trinajstić information content (AvgIpc) is 3.07. The van der Waals surface area contributed by atoms with Crippen molar-refractivity contribution in [3.8, 4) is 0 Å². The zero-order valence-corrected chi connectivity index (χ0v) is 13.6. The fourth-order valence-electron chi connectivity index (χ4n) is 1.86. The Morgan fingerprint density at radius 3 is 2.70 bits per heavy atom. The summed E-state index contributed by atoms with van der Waals surface area (Å²) in [4.78, 5) is 14.3. The monoisotopic (exact) mass is 336 g/mol. The fraction of sp³-hybridized carbons (Fsp3) is 0.312. The summed E-state index contributed by atoms with van der Waals surface area (Å²) in [6, 6.07) is 10.9. The molecule has 23 heavy (non-hydrogen) atoms. The maximum Gasteiger partial charge on any atom is 0.321 e. The summed E-state index contributed by atoms with van der Waals surface area (Å²) in [5.41, 5.74) is 0.669. The number of benzene rings is 1. The standard InChI is InChI=1S/C16H20N2O4S/c1-18(9-13(20)10-19)16(21)17-12-4-6-15(7-5-12)23-11-14-3-2-8-22-14/h2-8,13,19-20H,9-11H2,1H3,(H,17,21)/t13-/m1/s1. The van der Waals surface area contributed by atoms with E-state index < -0.39 is 6.10 Å². The van der Waals surface area contributed by atoms with Gasteiger partial charge < -0.3 is 24.8 Å². The van der Waals surface area contributed by atoms with E-state index >= 15 is 0 Å². The summed E-state index contributed by atoms with van der Waals surface area (Å²) < 4.78 is 5.28. The minimum atomic E-state index is -0.939. The molecule has 2 aromatic rings. The molecule has 0 spiro atoms. The van der Waals surface area contributed by atoms with Gasteiger partial charge in [-0.2, -0.15) is 0 Å². The SMILES string of the molecule is CN(C[C@@H](O)CO)C(=O)Nc1ccc(SCc2ccco2)cc1. The molecule has 124 valence electrons. The summed E-state index contributed by atoms with van der Waals surface area (Å²) in [5.74, 6) is 1.66. The predicted octanol–water partition coefficient (Wildman–Crippen LogP) is 2.39. The molecule has 0 aliphatic carbocycles. The van der Waals surface area contributed by atoms with Crippen LogP contribution in [0.25, 0.3) is 0 Å². The molecule has 2 amide bonds. The Morgan fingerprint density at radius 1 is 1.35 bits per heavy atom. The molecule has 1 aromatic carbocycles. The highest BCUT2D eigenvalue weighted by Crippen LogP contribution is 2.24. The van der Waals surface area contributed by atoms with Gasteiger partial charge in [-0.05, 0) is 36.4 Å². The Bertz CT molecular complexity index is 601. The van der Waals surface area contributed by atoms with Crippen molar-refractivity contribution in [1.29, 1.82) is 0 Å². The maximum atomic E-state index is 11.9. The van der Waals surface area contributed by atoms with Gasteiger partial charge in [-0.25, -0.2) is 4.79 Å². The molecule has 0 radical (unpaired) electrons. The summed E-state index contributed by atoms with van der Waals surface area (Å²) in [5, 5.41) is 20.9. The topological polar surface area (TPSA) is 85.9 Å². The molecule has 3 N–H and O–H groups in total. The number of nitrogens with zero attached hydrogens (tertiary/aromatic N) is 1. The van der Waals surface area contributed by atoms with Crippen LogP contribution in [0.4, 0.5) is 10.5 Å². The molecule has 0 aliphatic rings. The molecule has 0 aliphatic heterocycles. The first kappa shape index (κ1) is 17.4. The van der Waals surface area contributed by atoms with Crippen molar-refractivity contribution < 1.29 is 19.4 Å². The summed E-state index contributed by atoms with van der Waals surface area (Å²) in [6.45, 7) is -0.307. The largest absolute Gasteiger partial charge is 0.468 e. The number of thioether (sulfide) groups is 1. The number of likely N-dealkylation sites (N-methyl/N-ethyl adjacent to an activating group) is 1. The molecule has 0 bridgehead atoms. The average molecular weight is 336 g/mol. The van der Waals surface area contributed by atoms with Gasteiger partial charge in [-0.15, -0.1) is 11.8 Å². The molecule has 0 unspecified atom stereocenters. The number of aliphatic hydroxyl groups is 2. The second-order valence-electron chi connectivity index (χ2n) is 5.04. The zero-order valence-electron chi connectivity index (χ0n) is 12.8. The minimum absolute atomic E-state index is 0.0689. The number of aliphatic hydroxyl groups excluding tert-OH is 2. The molecule has 1 aromatic heterocycles. The van der Waals surface area contributed by atoms with E-state index in [1.807, 2.05) is 36.4 Å². The molecule has 1 atom stereocenters. The molecule has 1 heterocycles. The number of anilines is 1. The van der Waals surface area contributed by atoms with Gasteiger partial charge in [-0.3, -0.25) is 0 Å². The second kappa shape index (κ2) is 8.61. The fourth-order valence-corrected chi connectivity index (χ4v) is 2.66. The first-order chi connectivity index (χ1) is 11.1. The van der Waals surface area contributed by atoms with Gasteiger partial charge in [0, 0.05) is 17.6 Å². The number of carbonyl (C=O) groups excluding carboxylic acids is 1. The lowest BCUT2D eigenvalue weighted by Gasteiger charge is -2.20. The van der Waals surface area contributed by atoms with E-state index in [4.69, 9.17) is 9.52 Å². The number of hydrogen-bond donors (Lipinski definition) is 3. The molecular formula is C16H20N2O4S. The number of carbonyl (C=O) groups is 1. The Hall–Kier alpha value is -1.96. The smallest absolute Gasteiger partial charge is 0.321 e. The third-order valence-corrected chi connectivity index (χ3v) is 4.14. The highest BCUT2D eigenvalue weighted by molar-refractivity contribution is 7.98. The van der Waals surface area contributed by atoms with Gasteiger partial charge in [0.1, 0.15) is 5.76 Å². The third kappa shape index (κ3) is 5.63. The highest BCUT2D eigenvalue weighted by atomic mass is 32.2. The Morgan fingerprint density at radius 2 is 2.09 bits per heavy atom. The van der Waals surface area contributed by atoms with Crippen molar-refractivity contribution in [1.82, 2.24) is 4.90 Å². The number of amides is 2. The molecular weight excluding hydrogens is 316 g/mol. The zero-order chi connectivity index (χ0) is 16.7. The lowest BCUT2D eigenvalue weighted by Crippen LogP contribution is -2.38. The Balaban J connectivity index is 1.83. The third-order valence-electron chi connectivity index (χ3n) is 3.11. The van der Waals surface area contributed by atoms with Gasteiger partial charge in [0.2, 0.25) is 0 Å². The Labute approximate surface area is 139 Å². The van der Waals surface area contributed by atoms with Gasteiger partial charge in [0.15, 0.2) is 0 Å². The molecule has 2 rings (SSSR count). The first-order valence-corrected chi connectivity index (χ1v) is 8.13. The number of hydrogen-bond acceptors (Lipinski definition) is 5.